The van der Waals surface area contributed by atoms with Crippen molar-refractivity contribution in [3.05, 3.63) is 0 Å². The molecule has 0 aromatic carbocycles. The Bertz CT molecular complexity index is 432. The molecule has 2 heterocycles. The maximum absolute atomic E-state index is 12.4. The maximum Gasteiger partial charge on any atom is 0.408 e. The molecule has 7 heteroatoms. The lowest BCUT2D eigenvalue weighted by atomic mass is 9.78. The van der Waals surface area contributed by atoms with E-state index >= 15 is 0 Å². The van der Waals surface area contributed by atoms with E-state index in [9.17, 15) is 9.59 Å². The first-order chi connectivity index (χ1) is 10.2. The van der Waals surface area contributed by atoms with Gasteiger partial charge in [-0.25, -0.2) is 9.59 Å². The fraction of sp³-hybridized carbons (Fsp3) is 0.867. The molecular weight excluding hydrogens is 288 g/mol. The van der Waals surface area contributed by atoms with Gasteiger partial charge in [-0.05, 0) is 40.7 Å². The number of likely N-dealkylation sites (N-methyl/N-ethyl adjacent to an activating group) is 1. The van der Waals surface area contributed by atoms with Crippen LogP contribution in [0.2, 0.25) is 0 Å². The Hall–Kier alpha value is -1.34. The third-order valence-corrected chi connectivity index (χ3v) is 4.26. The Kier molecular flexibility index (Phi) is 4.67. The number of rotatable bonds is 2. The molecule has 126 valence electrons. The summed E-state index contributed by atoms with van der Waals surface area (Å²) in [5.41, 5.74) is -1.67. The molecule has 1 amide bonds. The maximum atomic E-state index is 12.4. The summed E-state index contributed by atoms with van der Waals surface area (Å²) < 4.78 is 15.8. The molecule has 2 aliphatic heterocycles. The molecule has 0 aromatic rings. The van der Waals surface area contributed by atoms with E-state index in [0.717, 1.165) is 0 Å². The highest BCUT2D eigenvalue weighted by Gasteiger charge is 2.52. The Morgan fingerprint density at radius 3 is 2.23 bits per heavy atom. The first-order valence-corrected chi connectivity index (χ1v) is 7.56. The smallest absolute Gasteiger partial charge is 0.408 e. The molecule has 2 bridgehead atoms. The average molecular weight is 314 g/mol. The third-order valence-electron chi connectivity index (χ3n) is 4.26. The van der Waals surface area contributed by atoms with Crippen LogP contribution in [-0.2, 0) is 19.0 Å². The van der Waals surface area contributed by atoms with E-state index < -0.39 is 23.2 Å². The highest BCUT2D eigenvalue weighted by Crippen LogP contribution is 2.34. The van der Waals surface area contributed by atoms with Crippen LogP contribution in [0.1, 0.15) is 33.6 Å². The van der Waals surface area contributed by atoms with Crippen LogP contribution >= 0.6 is 0 Å². The first kappa shape index (κ1) is 17.0. The highest BCUT2D eigenvalue weighted by atomic mass is 16.6. The fourth-order valence-electron chi connectivity index (χ4n) is 3.18. The Morgan fingerprint density at radius 1 is 1.23 bits per heavy atom. The van der Waals surface area contributed by atoms with Gasteiger partial charge in [-0.3, -0.25) is 4.90 Å². The third kappa shape index (κ3) is 3.52. The largest absolute Gasteiger partial charge is 0.467 e. The Balaban J connectivity index is 2.19. The number of hydrogen-bond donors (Lipinski definition) is 1. The van der Waals surface area contributed by atoms with Crippen LogP contribution in [0.15, 0.2) is 0 Å². The van der Waals surface area contributed by atoms with Gasteiger partial charge in [0.2, 0.25) is 0 Å². The van der Waals surface area contributed by atoms with E-state index in [1.54, 1.807) is 20.8 Å². The molecule has 2 unspecified atom stereocenters. The second-order valence-electron chi connectivity index (χ2n) is 7.12. The summed E-state index contributed by atoms with van der Waals surface area (Å²) >= 11 is 0. The molecule has 0 aliphatic carbocycles. The number of carbonyl (C=O) groups is 2. The molecule has 0 spiro atoms. The number of alkyl carbamates (subject to hydrolysis) is 1. The molecule has 2 aliphatic rings. The lowest BCUT2D eigenvalue weighted by Crippen LogP contribution is -2.68. The van der Waals surface area contributed by atoms with Crippen molar-refractivity contribution in [2.45, 2.75) is 56.8 Å². The van der Waals surface area contributed by atoms with E-state index in [1.165, 1.54) is 7.11 Å². The number of hydrogen-bond acceptors (Lipinski definition) is 6. The van der Waals surface area contributed by atoms with Crippen LogP contribution < -0.4 is 5.32 Å². The zero-order chi connectivity index (χ0) is 16.5. The fourth-order valence-corrected chi connectivity index (χ4v) is 3.18. The summed E-state index contributed by atoms with van der Waals surface area (Å²) in [6, 6.07) is 0.142. The van der Waals surface area contributed by atoms with E-state index in [0.29, 0.717) is 26.1 Å². The number of amides is 1. The number of carbonyl (C=O) groups excluding carboxylic acids is 2. The van der Waals surface area contributed by atoms with E-state index in [2.05, 4.69) is 10.2 Å². The van der Waals surface area contributed by atoms with E-state index in [-0.39, 0.29) is 12.1 Å². The minimum Gasteiger partial charge on any atom is -0.467 e. The molecule has 2 saturated heterocycles. The van der Waals surface area contributed by atoms with Gasteiger partial charge in [-0.1, -0.05) is 0 Å². The molecule has 2 fully saturated rings. The second-order valence-corrected chi connectivity index (χ2v) is 7.12. The zero-order valence-electron chi connectivity index (χ0n) is 14.0. The molecule has 0 radical (unpaired) electrons. The number of esters is 1. The summed E-state index contributed by atoms with van der Waals surface area (Å²) in [6.45, 7) is 6.45. The monoisotopic (exact) mass is 314 g/mol. The first-order valence-electron chi connectivity index (χ1n) is 7.56. The quantitative estimate of drug-likeness (QED) is 0.764. The molecule has 2 atom stereocenters. The number of piperidine rings is 1. The van der Waals surface area contributed by atoms with Crippen LogP contribution in [0.3, 0.4) is 0 Å². The van der Waals surface area contributed by atoms with Gasteiger partial charge in [-0.2, -0.15) is 0 Å². The summed E-state index contributed by atoms with van der Waals surface area (Å²) in [5, 5.41) is 2.77. The van der Waals surface area contributed by atoms with Gasteiger partial charge in [-0.15, -0.1) is 0 Å². The van der Waals surface area contributed by atoms with Crippen molar-refractivity contribution in [1.82, 2.24) is 10.2 Å². The van der Waals surface area contributed by atoms with Gasteiger partial charge in [0.25, 0.3) is 0 Å². The predicted molar refractivity (Wildman–Crippen MR) is 79.5 cm³/mol. The molecule has 0 aromatic heterocycles. The van der Waals surface area contributed by atoms with Crippen LogP contribution in [0.5, 0.6) is 0 Å². The average Bonchev–Trinajstić information content (AvgIpc) is 2.37. The van der Waals surface area contributed by atoms with Gasteiger partial charge in [0, 0.05) is 12.1 Å². The highest BCUT2D eigenvalue weighted by molar-refractivity contribution is 5.86. The van der Waals surface area contributed by atoms with Crippen molar-refractivity contribution in [2.75, 3.05) is 27.4 Å². The molecule has 2 rings (SSSR count). The molecule has 1 N–H and O–H groups in total. The van der Waals surface area contributed by atoms with Crippen LogP contribution in [0, 0.1) is 0 Å². The lowest BCUT2D eigenvalue weighted by Gasteiger charge is -2.50. The van der Waals surface area contributed by atoms with Gasteiger partial charge >= 0.3 is 12.1 Å². The minimum atomic E-state index is -1.05. The molecule has 22 heavy (non-hydrogen) atoms. The Labute approximate surface area is 131 Å². The van der Waals surface area contributed by atoms with Crippen LogP contribution in [0.25, 0.3) is 0 Å². The zero-order valence-corrected chi connectivity index (χ0v) is 14.0. The molecular formula is C15H26N2O5. The van der Waals surface area contributed by atoms with E-state index in [4.69, 9.17) is 14.2 Å². The number of nitrogens with zero attached hydrogens (tertiary/aromatic N) is 1. The van der Waals surface area contributed by atoms with Crippen molar-refractivity contribution in [3.8, 4) is 0 Å². The van der Waals surface area contributed by atoms with Crippen LogP contribution in [-0.4, -0.2) is 67.6 Å². The van der Waals surface area contributed by atoms with Crippen molar-refractivity contribution in [1.29, 1.82) is 0 Å². The molecule has 0 saturated carbocycles. The number of fused-ring (bicyclic) bond motifs is 2. The predicted octanol–water partition coefficient (Wildman–Crippen LogP) is 0.916. The van der Waals surface area contributed by atoms with Crippen molar-refractivity contribution in [2.24, 2.45) is 0 Å². The number of morpholine rings is 1. The van der Waals surface area contributed by atoms with Crippen molar-refractivity contribution < 1.29 is 23.8 Å². The number of nitrogens with one attached hydrogen (secondary N) is 1. The van der Waals surface area contributed by atoms with Crippen molar-refractivity contribution >= 4 is 12.1 Å². The molecule has 7 nitrogen and oxygen atoms in total. The summed E-state index contributed by atoms with van der Waals surface area (Å²) in [6.07, 6.45) is 0.305. The summed E-state index contributed by atoms with van der Waals surface area (Å²) in [5.74, 6) is -0.427. The topological polar surface area (TPSA) is 77.1 Å². The number of ether oxygens (including phenoxy) is 3. The minimum absolute atomic E-state index is 0.0709. The summed E-state index contributed by atoms with van der Waals surface area (Å²) in [4.78, 5) is 26.8. The van der Waals surface area contributed by atoms with E-state index in [1.807, 2.05) is 7.05 Å². The SMILES string of the molecule is COC(=O)C1(NC(=O)OC(C)(C)C)CC2COCC(C1)N2C. The Morgan fingerprint density at radius 2 is 1.77 bits per heavy atom. The number of methoxy groups -OCH3 is 1. The lowest BCUT2D eigenvalue weighted by molar-refractivity contribution is -0.158. The standard InChI is InChI=1S/C15H26N2O5/c1-14(2,3)22-13(19)16-15(12(18)20-5)6-10-8-21-9-11(7-15)17(10)4/h10-11H,6-9H2,1-5H3,(H,16,19). The van der Waals surface area contributed by atoms with Crippen LogP contribution in [0.4, 0.5) is 4.79 Å². The second kappa shape index (κ2) is 6.04. The van der Waals surface area contributed by atoms with Gasteiger partial charge in [0.05, 0.1) is 20.3 Å². The van der Waals surface area contributed by atoms with Gasteiger partial charge in [0.1, 0.15) is 11.1 Å². The van der Waals surface area contributed by atoms with Crippen molar-refractivity contribution in [3.63, 3.8) is 0 Å². The summed E-state index contributed by atoms with van der Waals surface area (Å²) in [7, 11) is 3.36. The van der Waals surface area contributed by atoms with Gasteiger partial charge in [0.15, 0.2) is 0 Å². The normalized spacial score (nSPS) is 32.2. The van der Waals surface area contributed by atoms with Gasteiger partial charge < -0.3 is 19.5 Å².